The number of hydrogen-bond acceptors (Lipinski definition) is 3. The summed E-state index contributed by atoms with van der Waals surface area (Å²) in [6.45, 7) is 1.03. The molecule has 0 saturated carbocycles. The van der Waals surface area contributed by atoms with Crippen LogP contribution >= 0.6 is 23.2 Å². The fourth-order valence-electron chi connectivity index (χ4n) is 2.38. The van der Waals surface area contributed by atoms with Crippen LogP contribution in [0.5, 0.6) is 0 Å². The Hall–Kier alpha value is -1.75. The lowest BCUT2D eigenvalue weighted by Gasteiger charge is -2.17. The van der Waals surface area contributed by atoms with E-state index in [4.69, 9.17) is 27.6 Å². The summed E-state index contributed by atoms with van der Waals surface area (Å²) in [5, 5.41) is 1.25. The summed E-state index contributed by atoms with van der Waals surface area (Å²) in [4.78, 5) is 14.0. The van der Waals surface area contributed by atoms with Crippen LogP contribution in [0.2, 0.25) is 10.0 Å². The first-order valence-electron chi connectivity index (χ1n) is 6.75. The number of halogens is 2. The Morgan fingerprint density at radius 2 is 1.95 bits per heavy atom. The van der Waals surface area contributed by atoms with E-state index < -0.39 is 5.76 Å². The quantitative estimate of drug-likeness (QED) is 0.722. The molecule has 22 heavy (non-hydrogen) atoms. The third-order valence-electron chi connectivity index (χ3n) is 3.41. The van der Waals surface area contributed by atoms with E-state index in [-0.39, 0.29) is 0 Å². The molecule has 1 aromatic heterocycles. The lowest BCUT2D eigenvalue weighted by molar-refractivity contribution is 0.253. The number of oxazole rings is 1. The summed E-state index contributed by atoms with van der Waals surface area (Å²) < 4.78 is 6.80. The number of benzene rings is 2. The summed E-state index contributed by atoms with van der Waals surface area (Å²) in [5.41, 5.74) is 2.22. The number of aromatic nitrogens is 1. The molecule has 0 fully saturated rings. The SMILES string of the molecule is CN(Cc1ccccc1Cl)Cn1c(=O)oc2cc(Cl)ccc21. The van der Waals surface area contributed by atoms with Crippen LogP contribution in [-0.2, 0) is 13.2 Å². The van der Waals surface area contributed by atoms with E-state index in [1.807, 2.05) is 36.2 Å². The second-order valence-electron chi connectivity index (χ2n) is 5.16. The van der Waals surface area contributed by atoms with E-state index in [1.165, 1.54) is 0 Å². The maximum absolute atomic E-state index is 12.0. The lowest BCUT2D eigenvalue weighted by Crippen LogP contribution is -2.27. The molecule has 0 saturated heterocycles. The molecule has 3 aromatic rings. The van der Waals surface area contributed by atoms with Crippen LogP contribution in [0.15, 0.2) is 51.7 Å². The zero-order valence-corrected chi connectivity index (χ0v) is 13.4. The second kappa shape index (κ2) is 6.16. The van der Waals surface area contributed by atoms with Crippen molar-refractivity contribution in [1.29, 1.82) is 0 Å². The first-order valence-corrected chi connectivity index (χ1v) is 7.51. The highest BCUT2D eigenvalue weighted by atomic mass is 35.5. The van der Waals surface area contributed by atoms with Gasteiger partial charge in [-0.2, -0.15) is 0 Å². The second-order valence-corrected chi connectivity index (χ2v) is 6.00. The minimum absolute atomic E-state index is 0.400. The van der Waals surface area contributed by atoms with Crippen molar-refractivity contribution in [3.8, 4) is 0 Å². The van der Waals surface area contributed by atoms with Crippen LogP contribution in [0.3, 0.4) is 0 Å². The van der Waals surface area contributed by atoms with Gasteiger partial charge in [0.2, 0.25) is 0 Å². The fourth-order valence-corrected chi connectivity index (χ4v) is 2.74. The molecule has 3 rings (SSSR count). The molecule has 2 aromatic carbocycles. The Kier molecular flexibility index (Phi) is 4.25. The minimum atomic E-state index is -0.400. The molecule has 6 heteroatoms. The smallest absolute Gasteiger partial charge is 0.408 e. The predicted molar refractivity (Wildman–Crippen MR) is 88.4 cm³/mol. The highest BCUT2D eigenvalue weighted by molar-refractivity contribution is 6.31. The number of nitrogens with zero attached hydrogens (tertiary/aromatic N) is 2. The third kappa shape index (κ3) is 3.04. The van der Waals surface area contributed by atoms with Crippen LogP contribution in [0.4, 0.5) is 0 Å². The van der Waals surface area contributed by atoms with Gasteiger partial charge in [0, 0.05) is 22.7 Å². The van der Waals surface area contributed by atoms with Gasteiger partial charge in [0.25, 0.3) is 0 Å². The predicted octanol–water partition coefficient (Wildman–Crippen LogP) is 3.99. The Bertz CT molecular complexity index is 870. The van der Waals surface area contributed by atoms with Gasteiger partial charge in [-0.15, -0.1) is 0 Å². The molecule has 0 aliphatic carbocycles. The van der Waals surface area contributed by atoms with Crippen molar-refractivity contribution < 1.29 is 4.42 Å². The van der Waals surface area contributed by atoms with Gasteiger partial charge in [-0.1, -0.05) is 41.4 Å². The molecule has 0 bridgehead atoms. The molecule has 0 atom stereocenters. The molecule has 0 N–H and O–H groups in total. The van der Waals surface area contributed by atoms with Gasteiger partial charge in [0.15, 0.2) is 5.58 Å². The fraction of sp³-hybridized carbons (Fsp3) is 0.188. The van der Waals surface area contributed by atoms with E-state index in [2.05, 4.69) is 0 Å². The largest absolute Gasteiger partial charge is 0.421 e. The van der Waals surface area contributed by atoms with Crippen molar-refractivity contribution in [3.05, 3.63) is 68.6 Å². The van der Waals surface area contributed by atoms with Crippen LogP contribution in [0.1, 0.15) is 5.56 Å². The highest BCUT2D eigenvalue weighted by Gasteiger charge is 2.12. The average Bonchev–Trinajstić information content (AvgIpc) is 2.77. The Morgan fingerprint density at radius 3 is 2.73 bits per heavy atom. The van der Waals surface area contributed by atoms with Crippen molar-refractivity contribution in [2.45, 2.75) is 13.2 Å². The molecule has 0 unspecified atom stereocenters. The molecule has 1 heterocycles. The first kappa shape index (κ1) is 15.2. The summed E-state index contributed by atoms with van der Waals surface area (Å²) in [5.74, 6) is -0.400. The molecule has 0 spiro atoms. The van der Waals surface area contributed by atoms with Crippen molar-refractivity contribution in [1.82, 2.24) is 9.47 Å². The van der Waals surface area contributed by atoms with Gasteiger partial charge in [0.1, 0.15) is 0 Å². The standard InChI is InChI=1S/C16H14Cl2N2O2/c1-19(9-11-4-2-3-5-13(11)18)10-20-14-7-6-12(17)8-15(14)22-16(20)21/h2-8H,9-10H2,1H3. The van der Waals surface area contributed by atoms with E-state index in [0.29, 0.717) is 28.8 Å². The molecule has 0 aliphatic heterocycles. The molecular formula is C16H14Cl2N2O2. The van der Waals surface area contributed by atoms with E-state index >= 15 is 0 Å². The number of rotatable bonds is 4. The Morgan fingerprint density at radius 1 is 1.18 bits per heavy atom. The van der Waals surface area contributed by atoms with Crippen molar-refractivity contribution >= 4 is 34.3 Å². The zero-order chi connectivity index (χ0) is 15.7. The Balaban J connectivity index is 1.85. The topological polar surface area (TPSA) is 38.4 Å². The summed E-state index contributed by atoms with van der Waals surface area (Å²) in [6, 6.07) is 12.8. The van der Waals surface area contributed by atoms with Crippen molar-refractivity contribution in [2.75, 3.05) is 7.05 Å². The molecule has 4 nitrogen and oxygen atoms in total. The third-order valence-corrected chi connectivity index (χ3v) is 4.02. The first-order chi connectivity index (χ1) is 10.5. The monoisotopic (exact) mass is 336 g/mol. The molecule has 0 aliphatic rings. The van der Waals surface area contributed by atoms with Gasteiger partial charge in [-0.05, 0) is 30.8 Å². The van der Waals surface area contributed by atoms with Crippen LogP contribution in [0.25, 0.3) is 11.1 Å². The van der Waals surface area contributed by atoms with Crippen molar-refractivity contribution in [3.63, 3.8) is 0 Å². The molecule has 114 valence electrons. The molecule has 0 radical (unpaired) electrons. The summed E-state index contributed by atoms with van der Waals surface area (Å²) in [7, 11) is 1.92. The van der Waals surface area contributed by atoms with E-state index in [1.54, 1.807) is 22.8 Å². The summed E-state index contributed by atoms with van der Waals surface area (Å²) in [6.07, 6.45) is 0. The van der Waals surface area contributed by atoms with Crippen LogP contribution in [0, 0.1) is 0 Å². The maximum Gasteiger partial charge on any atom is 0.421 e. The zero-order valence-electron chi connectivity index (χ0n) is 11.9. The molecular weight excluding hydrogens is 323 g/mol. The number of fused-ring (bicyclic) bond motifs is 1. The van der Waals surface area contributed by atoms with Crippen molar-refractivity contribution in [2.24, 2.45) is 0 Å². The highest BCUT2D eigenvalue weighted by Crippen LogP contribution is 2.20. The maximum atomic E-state index is 12.0. The van der Waals surface area contributed by atoms with Gasteiger partial charge in [-0.25, -0.2) is 4.79 Å². The van der Waals surface area contributed by atoms with Gasteiger partial charge < -0.3 is 4.42 Å². The van der Waals surface area contributed by atoms with Gasteiger partial charge in [0.05, 0.1) is 12.2 Å². The van der Waals surface area contributed by atoms with Crippen LogP contribution in [-0.4, -0.2) is 16.5 Å². The molecule has 0 amide bonds. The summed E-state index contributed by atoms with van der Waals surface area (Å²) >= 11 is 12.1. The van der Waals surface area contributed by atoms with Gasteiger partial charge in [-0.3, -0.25) is 9.47 Å². The van der Waals surface area contributed by atoms with Gasteiger partial charge >= 0.3 is 5.76 Å². The normalized spacial score (nSPS) is 11.5. The van der Waals surface area contributed by atoms with E-state index in [0.717, 1.165) is 11.1 Å². The Labute approximate surface area is 137 Å². The average molecular weight is 337 g/mol. The van der Waals surface area contributed by atoms with E-state index in [9.17, 15) is 4.79 Å². The lowest BCUT2D eigenvalue weighted by atomic mass is 10.2. The minimum Gasteiger partial charge on any atom is -0.408 e. The number of hydrogen-bond donors (Lipinski definition) is 0. The van der Waals surface area contributed by atoms with Crippen LogP contribution < -0.4 is 5.76 Å².